The Kier molecular flexibility index (Phi) is 3.55. The standard InChI is InChI=1S/C15H20N2O/c1-9-7-11(3)14(8-10(9)2)15(17-16)13-5-6-18-12(13)4/h5-8,15,17H,16H2,1-4H3. The molecule has 18 heavy (non-hydrogen) atoms. The zero-order valence-corrected chi connectivity index (χ0v) is 11.4. The van der Waals surface area contributed by atoms with Gasteiger partial charge in [0.1, 0.15) is 5.76 Å². The van der Waals surface area contributed by atoms with Gasteiger partial charge in [-0.25, -0.2) is 5.43 Å². The number of benzene rings is 1. The summed E-state index contributed by atoms with van der Waals surface area (Å²) in [6.45, 7) is 8.31. The predicted octanol–water partition coefficient (Wildman–Crippen LogP) is 3.07. The fourth-order valence-corrected chi connectivity index (χ4v) is 2.34. The summed E-state index contributed by atoms with van der Waals surface area (Å²) in [4.78, 5) is 0. The smallest absolute Gasteiger partial charge is 0.105 e. The summed E-state index contributed by atoms with van der Waals surface area (Å²) in [6.07, 6.45) is 1.70. The summed E-state index contributed by atoms with van der Waals surface area (Å²) in [5.41, 5.74) is 8.99. The highest BCUT2D eigenvalue weighted by Gasteiger charge is 2.19. The van der Waals surface area contributed by atoms with Crippen LogP contribution in [0.5, 0.6) is 0 Å². The van der Waals surface area contributed by atoms with E-state index in [1.54, 1.807) is 6.26 Å². The minimum absolute atomic E-state index is 0.0250. The Bertz CT molecular complexity index is 558. The zero-order chi connectivity index (χ0) is 13.3. The molecule has 3 heteroatoms. The lowest BCUT2D eigenvalue weighted by Crippen LogP contribution is -2.29. The van der Waals surface area contributed by atoms with Gasteiger partial charge in [-0.3, -0.25) is 5.84 Å². The SMILES string of the molecule is Cc1cc(C)c(C(NN)c2ccoc2C)cc1C. The Balaban J connectivity index is 2.52. The van der Waals surface area contributed by atoms with E-state index in [1.165, 1.54) is 22.3 Å². The normalized spacial score (nSPS) is 12.7. The van der Waals surface area contributed by atoms with Crippen LogP contribution in [0.1, 0.15) is 39.6 Å². The Morgan fingerprint density at radius 1 is 1.00 bits per heavy atom. The number of nitrogens with two attached hydrogens (primary N) is 1. The highest BCUT2D eigenvalue weighted by atomic mass is 16.3. The van der Waals surface area contributed by atoms with Gasteiger partial charge in [-0.1, -0.05) is 12.1 Å². The lowest BCUT2D eigenvalue weighted by atomic mass is 9.92. The molecule has 0 aliphatic heterocycles. The molecule has 96 valence electrons. The first-order chi connectivity index (χ1) is 8.54. The number of rotatable bonds is 3. The van der Waals surface area contributed by atoms with Gasteiger partial charge in [0.05, 0.1) is 12.3 Å². The van der Waals surface area contributed by atoms with E-state index < -0.39 is 0 Å². The van der Waals surface area contributed by atoms with E-state index in [9.17, 15) is 0 Å². The molecule has 1 aromatic carbocycles. The average molecular weight is 244 g/mol. The van der Waals surface area contributed by atoms with Crippen LogP contribution in [0.2, 0.25) is 0 Å². The lowest BCUT2D eigenvalue weighted by molar-refractivity contribution is 0.519. The molecule has 1 aromatic heterocycles. The molecule has 0 saturated heterocycles. The largest absolute Gasteiger partial charge is 0.469 e. The van der Waals surface area contributed by atoms with Gasteiger partial charge in [-0.15, -0.1) is 0 Å². The van der Waals surface area contributed by atoms with Gasteiger partial charge >= 0.3 is 0 Å². The molecule has 0 spiro atoms. The van der Waals surface area contributed by atoms with Gasteiger partial charge in [0.2, 0.25) is 0 Å². The fourth-order valence-electron chi connectivity index (χ4n) is 2.34. The van der Waals surface area contributed by atoms with Crippen molar-refractivity contribution in [2.75, 3.05) is 0 Å². The van der Waals surface area contributed by atoms with Crippen molar-refractivity contribution in [3.63, 3.8) is 0 Å². The third-order valence-corrected chi connectivity index (χ3v) is 3.57. The summed E-state index contributed by atoms with van der Waals surface area (Å²) in [7, 11) is 0. The number of hydrogen-bond donors (Lipinski definition) is 2. The Labute approximate surface area is 108 Å². The van der Waals surface area contributed by atoms with Crippen LogP contribution in [-0.4, -0.2) is 0 Å². The molecule has 1 heterocycles. The van der Waals surface area contributed by atoms with Gasteiger partial charge in [0.15, 0.2) is 0 Å². The number of aryl methyl sites for hydroxylation is 4. The van der Waals surface area contributed by atoms with Crippen molar-refractivity contribution >= 4 is 0 Å². The van der Waals surface area contributed by atoms with E-state index in [0.29, 0.717) is 0 Å². The molecule has 0 aliphatic rings. The number of nitrogens with one attached hydrogen (secondary N) is 1. The first-order valence-corrected chi connectivity index (χ1v) is 6.12. The fraction of sp³-hybridized carbons (Fsp3) is 0.333. The minimum Gasteiger partial charge on any atom is -0.469 e. The zero-order valence-electron chi connectivity index (χ0n) is 11.4. The van der Waals surface area contributed by atoms with Crippen LogP contribution in [-0.2, 0) is 0 Å². The Hall–Kier alpha value is -1.58. The van der Waals surface area contributed by atoms with E-state index >= 15 is 0 Å². The second-order valence-electron chi connectivity index (χ2n) is 4.82. The Morgan fingerprint density at radius 3 is 2.22 bits per heavy atom. The summed E-state index contributed by atoms with van der Waals surface area (Å²) < 4.78 is 5.37. The van der Waals surface area contributed by atoms with Crippen molar-refractivity contribution in [2.24, 2.45) is 5.84 Å². The highest BCUT2D eigenvalue weighted by Crippen LogP contribution is 2.29. The second-order valence-corrected chi connectivity index (χ2v) is 4.82. The number of hydrogen-bond acceptors (Lipinski definition) is 3. The summed E-state index contributed by atoms with van der Waals surface area (Å²) in [5.74, 6) is 6.63. The second kappa shape index (κ2) is 4.96. The van der Waals surface area contributed by atoms with Gasteiger partial charge in [0.25, 0.3) is 0 Å². The first-order valence-electron chi connectivity index (χ1n) is 6.12. The molecular formula is C15H20N2O. The summed E-state index contributed by atoms with van der Waals surface area (Å²) in [6, 6.07) is 6.34. The molecule has 3 N–H and O–H groups in total. The molecule has 1 atom stereocenters. The van der Waals surface area contributed by atoms with Gasteiger partial charge in [-0.2, -0.15) is 0 Å². The maximum atomic E-state index is 5.73. The van der Waals surface area contributed by atoms with Crippen molar-refractivity contribution in [1.82, 2.24) is 5.43 Å². The molecule has 3 nitrogen and oxygen atoms in total. The van der Waals surface area contributed by atoms with E-state index in [-0.39, 0.29) is 6.04 Å². The van der Waals surface area contributed by atoms with Crippen LogP contribution in [0.4, 0.5) is 0 Å². The van der Waals surface area contributed by atoms with Crippen molar-refractivity contribution in [1.29, 1.82) is 0 Å². The average Bonchev–Trinajstić information content (AvgIpc) is 2.73. The van der Waals surface area contributed by atoms with Crippen molar-refractivity contribution in [3.05, 3.63) is 58.0 Å². The monoisotopic (exact) mass is 244 g/mol. The third kappa shape index (κ3) is 2.19. The third-order valence-electron chi connectivity index (χ3n) is 3.57. The molecular weight excluding hydrogens is 224 g/mol. The van der Waals surface area contributed by atoms with Gasteiger partial charge < -0.3 is 4.42 Å². The van der Waals surface area contributed by atoms with Crippen LogP contribution >= 0.6 is 0 Å². The van der Waals surface area contributed by atoms with Crippen molar-refractivity contribution < 1.29 is 4.42 Å². The lowest BCUT2D eigenvalue weighted by Gasteiger charge is -2.19. The predicted molar refractivity (Wildman–Crippen MR) is 73.3 cm³/mol. The maximum absolute atomic E-state index is 5.73. The van der Waals surface area contributed by atoms with Crippen LogP contribution in [0, 0.1) is 27.7 Å². The van der Waals surface area contributed by atoms with E-state index in [2.05, 4.69) is 38.3 Å². The molecule has 1 unspecified atom stereocenters. The van der Waals surface area contributed by atoms with Crippen LogP contribution in [0.15, 0.2) is 28.9 Å². The van der Waals surface area contributed by atoms with E-state index in [4.69, 9.17) is 10.3 Å². The minimum atomic E-state index is -0.0250. The van der Waals surface area contributed by atoms with Crippen molar-refractivity contribution in [3.8, 4) is 0 Å². The summed E-state index contributed by atoms with van der Waals surface area (Å²) in [5, 5.41) is 0. The maximum Gasteiger partial charge on any atom is 0.105 e. The molecule has 2 aromatic rings. The molecule has 0 saturated carbocycles. The topological polar surface area (TPSA) is 51.2 Å². The van der Waals surface area contributed by atoms with E-state index in [1.807, 2.05) is 13.0 Å². The molecule has 0 fully saturated rings. The molecule has 0 bridgehead atoms. The van der Waals surface area contributed by atoms with Gasteiger partial charge in [0, 0.05) is 5.56 Å². The quantitative estimate of drug-likeness (QED) is 0.644. The highest BCUT2D eigenvalue weighted by molar-refractivity contribution is 5.42. The molecule has 0 radical (unpaired) electrons. The van der Waals surface area contributed by atoms with Crippen LogP contribution in [0.25, 0.3) is 0 Å². The summed E-state index contributed by atoms with van der Waals surface area (Å²) >= 11 is 0. The first kappa shape index (κ1) is 12.9. The number of furan rings is 1. The van der Waals surface area contributed by atoms with Gasteiger partial charge in [-0.05, 0) is 56.0 Å². The molecule has 0 aliphatic carbocycles. The molecule has 2 rings (SSSR count). The van der Waals surface area contributed by atoms with Crippen molar-refractivity contribution in [2.45, 2.75) is 33.7 Å². The number of hydrazine groups is 1. The Morgan fingerprint density at radius 2 is 1.67 bits per heavy atom. The van der Waals surface area contributed by atoms with Crippen LogP contribution in [0.3, 0.4) is 0 Å². The van der Waals surface area contributed by atoms with E-state index in [0.717, 1.165) is 11.3 Å². The van der Waals surface area contributed by atoms with Crippen LogP contribution < -0.4 is 11.3 Å². The molecule has 0 amide bonds.